The summed E-state index contributed by atoms with van der Waals surface area (Å²) >= 11 is 0. The molecule has 0 spiro atoms. The average Bonchev–Trinajstić information content (AvgIpc) is 2.15. The van der Waals surface area contributed by atoms with Crippen molar-refractivity contribution in [1.82, 2.24) is 10.4 Å². The lowest BCUT2D eigenvalue weighted by Gasteiger charge is -2.37. The van der Waals surface area contributed by atoms with Gasteiger partial charge < -0.3 is 0 Å². The second kappa shape index (κ2) is 3.01. The van der Waals surface area contributed by atoms with Crippen molar-refractivity contribution in [2.24, 2.45) is 11.8 Å². The van der Waals surface area contributed by atoms with E-state index in [2.05, 4.69) is 5.43 Å². The van der Waals surface area contributed by atoms with Gasteiger partial charge in [0.15, 0.2) is 0 Å². The monoisotopic (exact) mass is 182 g/mol. The number of rotatable bonds is 0. The van der Waals surface area contributed by atoms with Crippen LogP contribution in [0.4, 0.5) is 0 Å². The number of hydrogen-bond donors (Lipinski definition) is 1. The van der Waals surface area contributed by atoms with Crippen LogP contribution in [0.1, 0.15) is 25.7 Å². The summed E-state index contributed by atoms with van der Waals surface area (Å²) in [6, 6.07) is 0. The maximum absolute atomic E-state index is 11.6. The fourth-order valence-electron chi connectivity index (χ4n) is 2.29. The predicted molar refractivity (Wildman–Crippen MR) is 46.4 cm³/mol. The normalized spacial score (nSPS) is 34.1. The van der Waals surface area contributed by atoms with Gasteiger partial charge in [0, 0.05) is 7.05 Å². The molecule has 1 heterocycles. The highest BCUT2D eigenvalue weighted by atomic mass is 16.2. The molecule has 0 radical (unpaired) electrons. The fraction of sp³-hybridized carbons (Fsp3) is 0.778. The first kappa shape index (κ1) is 8.53. The Morgan fingerprint density at radius 1 is 1.23 bits per heavy atom. The molecule has 72 valence electrons. The van der Waals surface area contributed by atoms with Crippen LogP contribution in [0, 0.1) is 11.8 Å². The molecule has 2 fully saturated rings. The van der Waals surface area contributed by atoms with E-state index in [1.165, 1.54) is 5.01 Å². The lowest BCUT2D eigenvalue weighted by molar-refractivity contribution is -0.157. The first-order chi connectivity index (χ1) is 6.20. The summed E-state index contributed by atoms with van der Waals surface area (Å²) in [5.41, 5.74) is 2.57. The molecule has 0 aromatic carbocycles. The van der Waals surface area contributed by atoms with E-state index in [9.17, 15) is 9.59 Å². The Hall–Kier alpha value is -1.06. The highest BCUT2D eigenvalue weighted by Gasteiger charge is 2.41. The molecule has 0 bridgehead atoms. The number of fused-ring (bicyclic) bond motifs is 1. The molecule has 4 nitrogen and oxygen atoms in total. The van der Waals surface area contributed by atoms with Gasteiger partial charge in [-0.15, -0.1) is 0 Å². The molecule has 1 saturated heterocycles. The number of nitrogens with zero attached hydrogens (tertiary/aromatic N) is 1. The molecule has 1 aliphatic carbocycles. The van der Waals surface area contributed by atoms with Gasteiger partial charge in [-0.3, -0.25) is 20.0 Å². The van der Waals surface area contributed by atoms with Gasteiger partial charge in [0.1, 0.15) is 0 Å². The highest BCUT2D eigenvalue weighted by Crippen LogP contribution is 2.33. The van der Waals surface area contributed by atoms with E-state index in [1.54, 1.807) is 7.05 Å². The summed E-state index contributed by atoms with van der Waals surface area (Å²) in [5.74, 6) is -0.0129. The molecule has 1 N–H and O–H groups in total. The SMILES string of the molecule is CN1NC(=O)C2CCCCC2C1=O. The van der Waals surface area contributed by atoms with E-state index in [4.69, 9.17) is 0 Å². The molecular formula is C9H14N2O2. The van der Waals surface area contributed by atoms with Gasteiger partial charge in [-0.05, 0) is 12.8 Å². The third-order valence-corrected chi connectivity index (χ3v) is 3.03. The van der Waals surface area contributed by atoms with Crippen molar-refractivity contribution >= 4 is 11.8 Å². The van der Waals surface area contributed by atoms with Gasteiger partial charge in [-0.2, -0.15) is 0 Å². The highest BCUT2D eigenvalue weighted by molar-refractivity contribution is 5.92. The number of hydrazine groups is 1. The van der Waals surface area contributed by atoms with Crippen molar-refractivity contribution in [3.8, 4) is 0 Å². The summed E-state index contributed by atoms with van der Waals surface area (Å²) in [6.07, 6.45) is 3.90. The van der Waals surface area contributed by atoms with Gasteiger partial charge in [0.2, 0.25) is 11.8 Å². The molecule has 0 aromatic heterocycles. The zero-order chi connectivity index (χ0) is 9.42. The summed E-state index contributed by atoms with van der Waals surface area (Å²) in [7, 11) is 1.62. The molecule has 2 unspecified atom stereocenters. The van der Waals surface area contributed by atoms with Crippen molar-refractivity contribution < 1.29 is 9.59 Å². The van der Waals surface area contributed by atoms with Gasteiger partial charge in [-0.1, -0.05) is 12.8 Å². The van der Waals surface area contributed by atoms with E-state index in [-0.39, 0.29) is 23.7 Å². The van der Waals surface area contributed by atoms with Crippen LogP contribution in [-0.2, 0) is 9.59 Å². The minimum Gasteiger partial charge on any atom is -0.273 e. The van der Waals surface area contributed by atoms with Crippen LogP contribution in [-0.4, -0.2) is 23.9 Å². The second-order valence-electron chi connectivity index (χ2n) is 3.87. The summed E-state index contributed by atoms with van der Waals surface area (Å²) in [6.45, 7) is 0. The zero-order valence-electron chi connectivity index (χ0n) is 7.75. The molecule has 4 heteroatoms. The minimum absolute atomic E-state index is 0.0202. The van der Waals surface area contributed by atoms with Gasteiger partial charge in [0.05, 0.1) is 11.8 Å². The van der Waals surface area contributed by atoms with Crippen LogP contribution >= 0.6 is 0 Å². The summed E-state index contributed by atoms with van der Waals surface area (Å²) in [5, 5.41) is 1.33. The number of nitrogens with one attached hydrogen (secondary N) is 1. The van der Waals surface area contributed by atoms with E-state index in [0.29, 0.717) is 0 Å². The van der Waals surface area contributed by atoms with Gasteiger partial charge in [0.25, 0.3) is 0 Å². The van der Waals surface area contributed by atoms with Gasteiger partial charge >= 0.3 is 0 Å². The lowest BCUT2D eigenvalue weighted by Crippen LogP contribution is -2.57. The van der Waals surface area contributed by atoms with Crippen molar-refractivity contribution in [1.29, 1.82) is 0 Å². The Balaban J connectivity index is 2.19. The van der Waals surface area contributed by atoms with Crippen LogP contribution in [0.2, 0.25) is 0 Å². The summed E-state index contributed by atoms with van der Waals surface area (Å²) in [4.78, 5) is 23.1. The Morgan fingerprint density at radius 3 is 2.54 bits per heavy atom. The molecule has 2 aliphatic rings. The van der Waals surface area contributed by atoms with Crippen LogP contribution in [0.15, 0.2) is 0 Å². The lowest BCUT2D eigenvalue weighted by atomic mass is 9.77. The molecule has 2 rings (SSSR count). The second-order valence-corrected chi connectivity index (χ2v) is 3.87. The van der Waals surface area contributed by atoms with Crippen LogP contribution in [0.3, 0.4) is 0 Å². The Morgan fingerprint density at radius 2 is 1.85 bits per heavy atom. The Labute approximate surface area is 77.3 Å². The molecule has 1 saturated carbocycles. The van der Waals surface area contributed by atoms with Crippen molar-refractivity contribution in [2.75, 3.05) is 7.05 Å². The van der Waals surface area contributed by atoms with E-state index >= 15 is 0 Å². The topological polar surface area (TPSA) is 49.4 Å². The van der Waals surface area contributed by atoms with E-state index in [0.717, 1.165) is 25.7 Å². The standard InChI is InChI=1S/C9H14N2O2/c1-11-9(13)7-5-3-2-4-6(7)8(12)10-11/h6-7H,2-5H2,1H3,(H,10,12). The van der Waals surface area contributed by atoms with Crippen LogP contribution in [0.5, 0.6) is 0 Å². The molecular weight excluding hydrogens is 168 g/mol. The number of amides is 2. The van der Waals surface area contributed by atoms with Crippen molar-refractivity contribution in [2.45, 2.75) is 25.7 Å². The number of hydrogen-bond acceptors (Lipinski definition) is 2. The van der Waals surface area contributed by atoms with Crippen LogP contribution < -0.4 is 5.43 Å². The van der Waals surface area contributed by atoms with E-state index in [1.807, 2.05) is 0 Å². The molecule has 2 amide bonds. The number of carbonyl (C=O) groups is 2. The Bertz CT molecular complexity index is 252. The van der Waals surface area contributed by atoms with Crippen molar-refractivity contribution in [3.05, 3.63) is 0 Å². The van der Waals surface area contributed by atoms with Crippen molar-refractivity contribution in [3.63, 3.8) is 0 Å². The third-order valence-electron chi connectivity index (χ3n) is 3.03. The average molecular weight is 182 g/mol. The smallest absolute Gasteiger partial charge is 0.244 e. The maximum atomic E-state index is 11.6. The minimum atomic E-state index is -0.0579. The molecule has 13 heavy (non-hydrogen) atoms. The quantitative estimate of drug-likeness (QED) is 0.585. The first-order valence-corrected chi connectivity index (χ1v) is 4.78. The Kier molecular flexibility index (Phi) is 1.98. The first-order valence-electron chi connectivity index (χ1n) is 4.78. The summed E-state index contributed by atoms with van der Waals surface area (Å²) < 4.78 is 0. The van der Waals surface area contributed by atoms with Crippen LogP contribution in [0.25, 0.3) is 0 Å². The maximum Gasteiger partial charge on any atom is 0.244 e. The molecule has 0 aromatic rings. The molecule has 1 aliphatic heterocycles. The third kappa shape index (κ3) is 1.30. The zero-order valence-corrected chi connectivity index (χ0v) is 7.75. The van der Waals surface area contributed by atoms with Gasteiger partial charge in [-0.25, -0.2) is 0 Å². The largest absolute Gasteiger partial charge is 0.273 e. The number of carbonyl (C=O) groups excluding carboxylic acids is 2. The molecule has 2 atom stereocenters. The fourth-order valence-corrected chi connectivity index (χ4v) is 2.29. The predicted octanol–water partition coefficient (Wildman–Crippen LogP) is 0.296. The van der Waals surface area contributed by atoms with E-state index < -0.39 is 0 Å².